The molecule has 0 radical (unpaired) electrons. The van der Waals surface area contributed by atoms with Gasteiger partial charge in [0.25, 0.3) is 0 Å². The molecular weight excluding hydrogens is 240 g/mol. The second-order valence-corrected chi connectivity index (χ2v) is 4.94. The van der Waals surface area contributed by atoms with Crippen molar-refractivity contribution in [3.8, 4) is 11.8 Å². The highest BCUT2D eigenvalue weighted by Crippen LogP contribution is 2.24. The molecule has 0 aliphatic heterocycles. The zero-order valence-corrected chi connectivity index (χ0v) is 11.3. The van der Waals surface area contributed by atoms with Gasteiger partial charge in [-0.3, -0.25) is 0 Å². The fourth-order valence-corrected chi connectivity index (χ4v) is 2.49. The summed E-state index contributed by atoms with van der Waals surface area (Å²) < 4.78 is 11.2. The SMILES string of the molecule is COc1ccc(C#N)cc1COC1CCCCC1N. The molecule has 2 atom stereocenters. The molecule has 0 amide bonds. The van der Waals surface area contributed by atoms with Crippen LogP contribution >= 0.6 is 0 Å². The van der Waals surface area contributed by atoms with Gasteiger partial charge in [0.05, 0.1) is 31.5 Å². The second kappa shape index (κ2) is 6.55. The van der Waals surface area contributed by atoms with Gasteiger partial charge in [0.15, 0.2) is 0 Å². The lowest BCUT2D eigenvalue weighted by molar-refractivity contribution is 0.00330. The van der Waals surface area contributed by atoms with Gasteiger partial charge in [-0.05, 0) is 31.0 Å². The molecule has 0 aromatic heterocycles. The summed E-state index contributed by atoms with van der Waals surface area (Å²) in [7, 11) is 1.62. The van der Waals surface area contributed by atoms with Gasteiger partial charge in [-0.2, -0.15) is 5.26 Å². The summed E-state index contributed by atoms with van der Waals surface area (Å²) in [6.45, 7) is 0.442. The van der Waals surface area contributed by atoms with Crippen molar-refractivity contribution in [1.82, 2.24) is 0 Å². The summed E-state index contributed by atoms with van der Waals surface area (Å²) in [6, 6.07) is 7.61. The second-order valence-electron chi connectivity index (χ2n) is 4.94. The quantitative estimate of drug-likeness (QED) is 0.902. The summed E-state index contributed by atoms with van der Waals surface area (Å²) in [6.07, 6.45) is 4.52. The molecule has 1 aromatic carbocycles. The Morgan fingerprint density at radius 1 is 1.37 bits per heavy atom. The van der Waals surface area contributed by atoms with Gasteiger partial charge in [-0.15, -0.1) is 0 Å². The van der Waals surface area contributed by atoms with Gasteiger partial charge in [0.2, 0.25) is 0 Å². The number of nitriles is 1. The lowest BCUT2D eigenvalue weighted by Crippen LogP contribution is -2.39. The van der Waals surface area contributed by atoms with Crippen LogP contribution in [0.5, 0.6) is 5.75 Å². The van der Waals surface area contributed by atoms with Gasteiger partial charge in [0, 0.05) is 11.6 Å². The molecule has 102 valence electrons. The predicted octanol–water partition coefficient (Wildman–Crippen LogP) is 2.35. The summed E-state index contributed by atoms with van der Waals surface area (Å²) in [4.78, 5) is 0. The average molecular weight is 260 g/mol. The fraction of sp³-hybridized carbons (Fsp3) is 0.533. The number of hydrogen-bond acceptors (Lipinski definition) is 4. The molecule has 2 N–H and O–H groups in total. The zero-order chi connectivity index (χ0) is 13.7. The average Bonchev–Trinajstić information content (AvgIpc) is 2.46. The van der Waals surface area contributed by atoms with E-state index in [1.807, 2.05) is 6.07 Å². The first-order chi connectivity index (χ1) is 9.24. The molecule has 0 heterocycles. The first kappa shape index (κ1) is 13.9. The maximum atomic E-state index is 8.93. The van der Waals surface area contributed by atoms with E-state index < -0.39 is 0 Å². The molecule has 4 heteroatoms. The molecule has 0 saturated heterocycles. The number of nitrogens with zero attached hydrogens (tertiary/aromatic N) is 1. The third kappa shape index (κ3) is 3.46. The molecule has 1 aliphatic rings. The Morgan fingerprint density at radius 2 is 2.16 bits per heavy atom. The van der Waals surface area contributed by atoms with Gasteiger partial charge < -0.3 is 15.2 Å². The van der Waals surface area contributed by atoms with Gasteiger partial charge >= 0.3 is 0 Å². The minimum Gasteiger partial charge on any atom is -0.496 e. The minimum absolute atomic E-state index is 0.115. The molecule has 2 rings (SSSR count). The Morgan fingerprint density at radius 3 is 2.84 bits per heavy atom. The van der Waals surface area contributed by atoms with Gasteiger partial charge in [0.1, 0.15) is 5.75 Å². The maximum Gasteiger partial charge on any atom is 0.124 e. The van der Waals surface area contributed by atoms with Crippen LogP contribution in [0.15, 0.2) is 18.2 Å². The Bertz CT molecular complexity index is 468. The largest absolute Gasteiger partial charge is 0.496 e. The van der Waals surface area contributed by atoms with E-state index in [2.05, 4.69) is 6.07 Å². The highest BCUT2D eigenvalue weighted by Gasteiger charge is 2.22. The predicted molar refractivity (Wildman–Crippen MR) is 72.7 cm³/mol. The van der Waals surface area contributed by atoms with Crippen molar-refractivity contribution in [3.05, 3.63) is 29.3 Å². The lowest BCUT2D eigenvalue weighted by Gasteiger charge is -2.28. The number of rotatable bonds is 4. The smallest absolute Gasteiger partial charge is 0.124 e. The normalized spacial score (nSPS) is 22.8. The van der Waals surface area contributed by atoms with Crippen molar-refractivity contribution >= 4 is 0 Å². The number of nitrogens with two attached hydrogens (primary N) is 1. The van der Waals surface area contributed by atoms with Gasteiger partial charge in [-0.25, -0.2) is 0 Å². The molecule has 19 heavy (non-hydrogen) atoms. The number of benzene rings is 1. The minimum atomic E-state index is 0.115. The molecule has 1 saturated carbocycles. The third-order valence-corrected chi connectivity index (χ3v) is 3.62. The Hall–Kier alpha value is -1.57. The number of ether oxygens (including phenoxy) is 2. The van der Waals surface area contributed by atoms with E-state index in [0.717, 1.165) is 24.2 Å². The molecular formula is C15H20N2O2. The van der Waals surface area contributed by atoms with E-state index in [1.54, 1.807) is 19.2 Å². The van der Waals surface area contributed by atoms with E-state index in [1.165, 1.54) is 12.8 Å². The highest BCUT2D eigenvalue weighted by atomic mass is 16.5. The van der Waals surface area contributed by atoms with E-state index in [4.69, 9.17) is 20.5 Å². The lowest BCUT2D eigenvalue weighted by atomic mass is 9.93. The third-order valence-electron chi connectivity index (χ3n) is 3.62. The maximum absolute atomic E-state index is 8.93. The number of methoxy groups -OCH3 is 1. The van der Waals surface area contributed by atoms with Crippen molar-refractivity contribution in [2.45, 2.75) is 44.4 Å². The zero-order valence-electron chi connectivity index (χ0n) is 11.3. The Balaban J connectivity index is 2.03. The standard InChI is InChI=1S/C15H20N2O2/c1-18-14-7-6-11(9-16)8-12(14)10-19-15-5-3-2-4-13(15)17/h6-8,13,15H,2-5,10,17H2,1H3. The van der Waals surface area contributed by atoms with E-state index in [9.17, 15) is 0 Å². The van der Waals surface area contributed by atoms with Crippen molar-refractivity contribution < 1.29 is 9.47 Å². The van der Waals surface area contributed by atoms with Crippen molar-refractivity contribution in [1.29, 1.82) is 5.26 Å². The summed E-state index contributed by atoms with van der Waals surface area (Å²) >= 11 is 0. The monoisotopic (exact) mass is 260 g/mol. The molecule has 1 aromatic rings. The van der Waals surface area contributed by atoms with Crippen molar-refractivity contribution in [3.63, 3.8) is 0 Å². The van der Waals surface area contributed by atoms with Crippen molar-refractivity contribution in [2.75, 3.05) is 7.11 Å². The van der Waals surface area contributed by atoms with Crippen LogP contribution in [0.4, 0.5) is 0 Å². The van der Waals surface area contributed by atoms with Gasteiger partial charge in [-0.1, -0.05) is 12.8 Å². The topological polar surface area (TPSA) is 68.3 Å². The van der Waals surface area contributed by atoms with Crippen molar-refractivity contribution in [2.24, 2.45) is 5.73 Å². The van der Waals surface area contributed by atoms with Crippen LogP contribution in [0, 0.1) is 11.3 Å². The summed E-state index contributed by atoms with van der Waals surface area (Å²) in [5.41, 5.74) is 7.58. The molecule has 1 fully saturated rings. The van der Waals surface area contributed by atoms with E-state index >= 15 is 0 Å². The Kier molecular flexibility index (Phi) is 4.78. The Labute approximate surface area is 114 Å². The van der Waals surface area contributed by atoms with Crippen LogP contribution in [0.1, 0.15) is 36.8 Å². The molecule has 0 bridgehead atoms. The van der Waals surface area contributed by atoms with Crippen LogP contribution in [-0.2, 0) is 11.3 Å². The first-order valence-corrected chi connectivity index (χ1v) is 6.69. The van der Waals surface area contributed by atoms with Crippen LogP contribution < -0.4 is 10.5 Å². The molecule has 1 aliphatic carbocycles. The van der Waals surface area contributed by atoms with E-state index in [0.29, 0.717) is 12.2 Å². The number of hydrogen-bond donors (Lipinski definition) is 1. The van der Waals surface area contributed by atoms with Crippen LogP contribution in [0.25, 0.3) is 0 Å². The molecule has 0 spiro atoms. The van der Waals surface area contributed by atoms with E-state index in [-0.39, 0.29) is 12.1 Å². The molecule has 2 unspecified atom stereocenters. The van der Waals surface area contributed by atoms with Crippen LogP contribution in [0.3, 0.4) is 0 Å². The highest BCUT2D eigenvalue weighted by molar-refractivity contribution is 5.41. The van der Waals surface area contributed by atoms with Crippen LogP contribution in [-0.4, -0.2) is 19.3 Å². The summed E-state index contributed by atoms with van der Waals surface area (Å²) in [5.74, 6) is 0.753. The van der Waals surface area contributed by atoms with Crippen LogP contribution in [0.2, 0.25) is 0 Å². The molecule has 4 nitrogen and oxygen atoms in total. The summed E-state index contributed by atoms with van der Waals surface area (Å²) in [5, 5.41) is 8.93. The first-order valence-electron chi connectivity index (χ1n) is 6.69. The fourth-order valence-electron chi connectivity index (χ4n) is 2.49.